The van der Waals surface area contributed by atoms with Gasteiger partial charge in [0, 0.05) is 32.0 Å². The summed E-state index contributed by atoms with van der Waals surface area (Å²) in [4.78, 5) is 2.41. The van der Waals surface area contributed by atoms with Crippen molar-refractivity contribution in [3.8, 4) is 23.7 Å². The molecule has 0 aromatic heterocycles. The maximum atomic E-state index is 3.21. The minimum atomic E-state index is 1.02. The second-order valence-electron chi connectivity index (χ2n) is 6.45. The van der Waals surface area contributed by atoms with Gasteiger partial charge in [-0.2, -0.15) is 0 Å². The summed E-state index contributed by atoms with van der Waals surface area (Å²) in [6, 6.07) is 36.8. The van der Waals surface area contributed by atoms with Crippen LogP contribution in [0, 0.1) is 23.7 Å². The molecular formula is C28H18S2. The first kappa shape index (κ1) is 20.0. The molecule has 30 heavy (non-hydrogen) atoms. The van der Waals surface area contributed by atoms with Gasteiger partial charge in [-0.15, -0.1) is 0 Å². The van der Waals surface area contributed by atoms with E-state index in [0.29, 0.717) is 0 Å². The Hall–Kier alpha value is -3.30. The van der Waals surface area contributed by atoms with E-state index in [-0.39, 0.29) is 0 Å². The fourth-order valence-corrected chi connectivity index (χ4v) is 4.55. The van der Waals surface area contributed by atoms with Gasteiger partial charge in [-0.05, 0) is 72.8 Å². The molecule has 0 N–H and O–H groups in total. The quantitative estimate of drug-likeness (QED) is 0.253. The second-order valence-corrected chi connectivity index (χ2v) is 8.72. The Bertz CT molecular complexity index is 1100. The summed E-state index contributed by atoms with van der Waals surface area (Å²) in [7, 11) is 3.49. The van der Waals surface area contributed by atoms with Gasteiger partial charge >= 0.3 is 0 Å². The molecule has 0 aliphatic carbocycles. The summed E-state index contributed by atoms with van der Waals surface area (Å²) in [5, 5.41) is 0. The van der Waals surface area contributed by atoms with Crippen molar-refractivity contribution in [2.24, 2.45) is 0 Å². The summed E-state index contributed by atoms with van der Waals surface area (Å²) in [5.74, 6) is 12.8. The Kier molecular flexibility index (Phi) is 6.98. The minimum Gasteiger partial charge on any atom is -0.0622 e. The molecular weight excluding hydrogens is 400 g/mol. The first-order valence-corrected chi connectivity index (χ1v) is 11.7. The minimum absolute atomic E-state index is 1.02. The van der Waals surface area contributed by atoms with Crippen LogP contribution < -0.4 is 0 Å². The molecule has 142 valence electrons. The van der Waals surface area contributed by atoms with Crippen LogP contribution in [0.4, 0.5) is 0 Å². The lowest BCUT2D eigenvalue weighted by Gasteiger charge is -2.02. The van der Waals surface area contributed by atoms with Crippen LogP contribution in [0.2, 0.25) is 0 Å². The number of benzene rings is 4. The first-order chi connectivity index (χ1) is 14.8. The van der Waals surface area contributed by atoms with Crippen molar-refractivity contribution in [1.82, 2.24) is 0 Å². The lowest BCUT2D eigenvalue weighted by Crippen LogP contribution is -1.77. The van der Waals surface area contributed by atoms with Crippen molar-refractivity contribution >= 4 is 21.6 Å². The lowest BCUT2D eigenvalue weighted by atomic mass is 10.2. The smallest absolute Gasteiger partial charge is 0.0249 e. The Labute approximate surface area is 186 Å². The maximum absolute atomic E-state index is 3.21. The highest BCUT2D eigenvalue weighted by Crippen LogP contribution is 2.37. The van der Waals surface area contributed by atoms with Gasteiger partial charge in [0.05, 0.1) is 0 Å². The molecule has 0 spiro atoms. The van der Waals surface area contributed by atoms with E-state index < -0.39 is 0 Å². The van der Waals surface area contributed by atoms with Crippen molar-refractivity contribution in [2.75, 3.05) is 0 Å². The molecule has 4 aromatic carbocycles. The summed E-state index contributed by atoms with van der Waals surface area (Å²) in [6.07, 6.45) is 0. The van der Waals surface area contributed by atoms with Crippen LogP contribution in [0.5, 0.6) is 0 Å². The van der Waals surface area contributed by atoms with Gasteiger partial charge in [0.25, 0.3) is 0 Å². The fourth-order valence-electron chi connectivity index (χ4n) is 2.62. The van der Waals surface area contributed by atoms with Gasteiger partial charge in [0.2, 0.25) is 0 Å². The summed E-state index contributed by atoms with van der Waals surface area (Å²) >= 11 is 0. The zero-order valence-corrected chi connectivity index (χ0v) is 17.8. The third-order valence-electron chi connectivity index (χ3n) is 4.19. The van der Waals surface area contributed by atoms with Crippen LogP contribution >= 0.6 is 21.6 Å². The molecule has 0 radical (unpaired) electrons. The van der Waals surface area contributed by atoms with Gasteiger partial charge in [0.15, 0.2) is 0 Å². The van der Waals surface area contributed by atoms with Crippen molar-refractivity contribution in [2.45, 2.75) is 9.79 Å². The van der Waals surface area contributed by atoms with E-state index in [1.54, 1.807) is 21.6 Å². The predicted octanol–water partition coefficient (Wildman–Crippen LogP) is 7.29. The molecule has 0 nitrogen and oxygen atoms in total. The molecule has 0 fully saturated rings. The van der Waals surface area contributed by atoms with Crippen LogP contribution in [0.1, 0.15) is 22.3 Å². The summed E-state index contributed by atoms with van der Waals surface area (Å²) in [6.45, 7) is 0. The summed E-state index contributed by atoms with van der Waals surface area (Å²) in [5.41, 5.74) is 4.11. The van der Waals surface area contributed by atoms with E-state index in [2.05, 4.69) is 72.2 Å². The highest BCUT2D eigenvalue weighted by atomic mass is 33.1. The van der Waals surface area contributed by atoms with Crippen LogP contribution in [0.3, 0.4) is 0 Å². The largest absolute Gasteiger partial charge is 0.0622 e. The molecule has 0 atom stereocenters. The zero-order valence-electron chi connectivity index (χ0n) is 16.2. The summed E-state index contributed by atoms with van der Waals surface area (Å²) < 4.78 is 0. The Morgan fingerprint density at radius 3 is 0.967 bits per heavy atom. The van der Waals surface area contributed by atoms with E-state index in [1.165, 1.54) is 9.79 Å². The average molecular weight is 419 g/mol. The zero-order chi connectivity index (χ0) is 20.4. The fraction of sp³-hybridized carbons (Fsp3) is 0. The van der Waals surface area contributed by atoms with E-state index in [9.17, 15) is 0 Å². The molecule has 2 heteroatoms. The Morgan fingerprint density at radius 2 is 0.633 bits per heavy atom. The van der Waals surface area contributed by atoms with Crippen molar-refractivity contribution in [3.05, 3.63) is 131 Å². The molecule has 0 amide bonds. The van der Waals surface area contributed by atoms with Crippen molar-refractivity contribution in [1.29, 1.82) is 0 Å². The van der Waals surface area contributed by atoms with Crippen LogP contribution in [-0.2, 0) is 0 Å². The molecule has 0 aliphatic heterocycles. The monoisotopic (exact) mass is 418 g/mol. The second kappa shape index (κ2) is 10.5. The Morgan fingerprint density at radius 1 is 0.333 bits per heavy atom. The number of hydrogen-bond acceptors (Lipinski definition) is 2. The van der Waals surface area contributed by atoms with E-state index in [1.807, 2.05) is 60.7 Å². The highest BCUT2D eigenvalue weighted by molar-refractivity contribution is 8.76. The van der Waals surface area contributed by atoms with Crippen molar-refractivity contribution < 1.29 is 0 Å². The maximum Gasteiger partial charge on any atom is 0.0249 e. The standard InChI is InChI=1S/C28H18S2/c1-3-7-23(8-4-1)11-13-25-15-19-27(20-16-25)29-30-28-21-17-26(18-22-28)14-12-24-9-5-2-6-10-24/h1-10,15-22H. The molecule has 4 rings (SSSR count). The van der Waals surface area contributed by atoms with Gasteiger partial charge < -0.3 is 0 Å². The number of rotatable bonds is 3. The third-order valence-corrected chi connectivity index (χ3v) is 6.61. The normalized spacial score (nSPS) is 9.73. The first-order valence-electron chi connectivity index (χ1n) is 9.54. The number of hydrogen-bond donors (Lipinski definition) is 0. The third kappa shape index (κ3) is 6.10. The average Bonchev–Trinajstić information content (AvgIpc) is 2.83. The molecule has 0 saturated heterocycles. The molecule has 0 unspecified atom stereocenters. The molecule has 0 aliphatic rings. The van der Waals surface area contributed by atoms with Gasteiger partial charge in [-0.1, -0.05) is 81.7 Å². The Balaban J connectivity index is 1.32. The topological polar surface area (TPSA) is 0 Å². The van der Waals surface area contributed by atoms with E-state index >= 15 is 0 Å². The SMILES string of the molecule is C(#Cc1ccc(SSc2ccc(C#Cc3ccccc3)cc2)cc1)c1ccccc1. The van der Waals surface area contributed by atoms with Crippen LogP contribution in [-0.4, -0.2) is 0 Å². The molecule has 0 bridgehead atoms. The van der Waals surface area contributed by atoms with Gasteiger partial charge in [-0.3, -0.25) is 0 Å². The van der Waals surface area contributed by atoms with Crippen LogP contribution in [0.15, 0.2) is 119 Å². The van der Waals surface area contributed by atoms with Crippen LogP contribution in [0.25, 0.3) is 0 Å². The van der Waals surface area contributed by atoms with Crippen molar-refractivity contribution in [3.63, 3.8) is 0 Å². The van der Waals surface area contributed by atoms with E-state index in [4.69, 9.17) is 0 Å². The van der Waals surface area contributed by atoms with Gasteiger partial charge in [0.1, 0.15) is 0 Å². The lowest BCUT2D eigenvalue weighted by molar-refractivity contribution is 1.45. The molecule has 4 aromatic rings. The molecule has 0 heterocycles. The van der Waals surface area contributed by atoms with Gasteiger partial charge in [-0.25, -0.2) is 0 Å². The highest BCUT2D eigenvalue weighted by Gasteiger charge is 1.98. The predicted molar refractivity (Wildman–Crippen MR) is 129 cm³/mol. The van der Waals surface area contributed by atoms with E-state index in [0.717, 1.165) is 22.3 Å². The molecule has 0 saturated carbocycles.